The fourth-order valence-corrected chi connectivity index (χ4v) is 3.28. The molecule has 0 aromatic carbocycles. The lowest BCUT2D eigenvalue weighted by atomic mass is 9.80. The van der Waals surface area contributed by atoms with Gasteiger partial charge >= 0.3 is 6.09 Å². The highest BCUT2D eigenvalue weighted by Crippen LogP contribution is 2.29. The maximum Gasteiger partial charge on any atom is 0.407 e. The molecule has 1 amide bonds. The van der Waals surface area contributed by atoms with Crippen LogP contribution in [0.2, 0.25) is 0 Å². The van der Waals surface area contributed by atoms with Crippen molar-refractivity contribution in [2.75, 3.05) is 13.2 Å². The van der Waals surface area contributed by atoms with E-state index in [0.29, 0.717) is 24.5 Å². The van der Waals surface area contributed by atoms with E-state index in [2.05, 4.69) is 5.32 Å². The Morgan fingerprint density at radius 1 is 1.06 bits per heavy atom. The number of hydrogen-bond donors (Lipinski definition) is 2. The van der Waals surface area contributed by atoms with Crippen LogP contribution in [-0.4, -0.2) is 25.3 Å². The Morgan fingerprint density at radius 2 is 1.67 bits per heavy atom. The molecule has 0 aliphatic heterocycles. The molecular formula is C14H26N2O2. The maximum atomic E-state index is 11.7. The molecule has 0 aromatic heterocycles. The number of nitrogens with one attached hydrogen (secondary N) is 1. The molecule has 104 valence electrons. The molecule has 4 nitrogen and oxygen atoms in total. The predicted octanol–water partition coefficient (Wildman–Crippen LogP) is 2.42. The van der Waals surface area contributed by atoms with Gasteiger partial charge in [0.2, 0.25) is 0 Å². The van der Waals surface area contributed by atoms with Crippen molar-refractivity contribution in [2.45, 2.75) is 57.4 Å². The summed E-state index contributed by atoms with van der Waals surface area (Å²) in [6.45, 7) is 1.26. The third-order valence-electron chi connectivity index (χ3n) is 4.47. The molecule has 2 aliphatic rings. The van der Waals surface area contributed by atoms with E-state index in [4.69, 9.17) is 10.5 Å². The minimum absolute atomic E-state index is 0.233. The van der Waals surface area contributed by atoms with Crippen LogP contribution in [0.1, 0.15) is 51.4 Å². The van der Waals surface area contributed by atoms with Gasteiger partial charge in [-0.05, 0) is 44.1 Å². The Labute approximate surface area is 110 Å². The van der Waals surface area contributed by atoms with E-state index < -0.39 is 0 Å². The third kappa shape index (κ3) is 3.87. The van der Waals surface area contributed by atoms with E-state index in [1.165, 1.54) is 32.1 Å². The van der Waals surface area contributed by atoms with Gasteiger partial charge in [-0.3, -0.25) is 0 Å². The summed E-state index contributed by atoms with van der Waals surface area (Å²) in [6, 6.07) is 0.342. The summed E-state index contributed by atoms with van der Waals surface area (Å²) in [5.41, 5.74) is 5.78. The fraction of sp³-hybridized carbons (Fsp3) is 0.929. The van der Waals surface area contributed by atoms with E-state index in [1.807, 2.05) is 0 Å². The number of nitrogens with two attached hydrogens (primary N) is 1. The average Bonchev–Trinajstić information content (AvgIpc) is 2.89. The topological polar surface area (TPSA) is 64.3 Å². The smallest absolute Gasteiger partial charge is 0.407 e. The number of carbonyl (C=O) groups is 1. The molecule has 2 aliphatic carbocycles. The number of ether oxygens (including phenoxy) is 1. The van der Waals surface area contributed by atoms with Gasteiger partial charge in [0.15, 0.2) is 0 Å². The lowest BCUT2D eigenvalue weighted by Crippen LogP contribution is -2.36. The van der Waals surface area contributed by atoms with Gasteiger partial charge in [-0.25, -0.2) is 4.79 Å². The molecule has 0 heterocycles. The summed E-state index contributed by atoms with van der Waals surface area (Å²) in [5, 5.41) is 2.96. The lowest BCUT2D eigenvalue weighted by Gasteiger charge is -2.30. The Morgan fingerprint density at radius 3 is 2.33 bits per heavy atom. The van der Waals surface area contributed by atoms with Gasteiger partial charge in [-0.15, -0.1) is 0 Å². The number of amides is 1. The molecule has 0 radical (unpaired) electrons. The second kappa shape index (κ2) is 6.98. The monoisotopic (exact) mass is 254 g/mol. The summed E-state index contributed by atoms with van der Waals surface area (Å²) < 4.78 is 5.37. The quantitative estimate of drug-likeness (QED) is 0.809. The summed E-state index contributed by atoms with van der Waals surface area (Å²) in [5.74, 6) is 1.01. The molecule has 2 rings (SSSR count). The minimum atomic E-state index is -0.233. The van der Waals surface area contributed by atoms with E-state index in [9.17, 15) is 4.79 Å². The van der Waals surface area contributed by atoms with Crippen LogP contribution in [0, 0.1) is 11.8 Å². The molecule has 18 heavy (non-hydrogen) atoms. The van der Waals surface area contributed by atoms with Crippen LogP contribution in [0.25, 0.3) is 0 Å². The van der Waals surface area contributed by atoms with Gasteiger partial charge in [0.1, 0.15) is 0 Å². The second-order valence-corrected chi connectivity index (χ2v) is 5.76. The van der Waals surface area contributed by atoms with Crippen molar-refractivity contribution in [3.8, 4) is 0 Å². The highest BCUT2D eigenvalue weighted by atomic mass is 16.5. The highest BCUT2D eigenvalue weighted by molar-refractivity contribution is 5.67. The van der Waals surface area contributed by atoms with E-state index >= 15 is 0 Å². The molecule has 0 aromatic rings. The zero-order valence-corrected chi connectivity index (χ0v) is 11.2. The molecule has 2 atom stereocenters. The van der Waals surface area contributed by atoms with Gasteiger partial charge in [-0.1, -0.05) is 25.7 Å². The highest BCUT2D eigenvalue weighted by Gasteiger charge is 2.25. The van der Waals surface area contributed by atoms with Crippen molar-refractivity contribution in [1.82, 2.24) is 5.32 Å². The van der Waals surface area contributed by atoms with Crippen molar-refractivity contribution in [3.05, 3.63) is 0 Å². The van der Waals surface area contributed by atoms with Gasteiger partial charge in [0.05, 0.1) is 6.61 Å². The minimum Gasteiger partial charge on any atom is -0.449 e. The summed E-state index contributed by atoms with van der Waals surface area (Å²) in [4.78, 5) is 11.7. The number of carbonyl (C=O) groups excluding carboxylic acids is 1. The van der Waals surface area contributed by atoms with E-state index in [-0.39, 0.29) is 6.09 Å². The first-order valence-corrected chi connectivity index (χ1v) is 7.43. The summed E-state index contributed by atoms with van der Waals surface area (Å²) in [7, 11) is 0. The van der Waals surface area contributed by atoms with E-state index in [0.717, 1.165) is 25.8 Å². The van der Waals surface area contributed by atoms with Crippen LogP contribution in [0.15, 0.2) is 0 Å². The molecule has 2 fully saturated rings. The molecule has 3 N–H and O–H groups in total. The Hall–Kier alpha value is -0.770. The fourth-order valence-electron chi connectivity index (χ4n) is 3.28. The maximum absolute atomic E-state index is 11.7. The molecule has 4 heteroatoms. The Kier molecular flexibility index (Phi) is 5.29. The van der Waals surface area contributed by atoms with Crippen LogP contribution in [0.5, 0.6) is 0 Å². The van der Waals surface area contributed by atoms with Gasteiger partial charge in [0.25, 0.3) is 0 Å². The van der Waals surface area contributed by atoms with Crippen molar-refractivity contribution >= 4 is 6.09 Å². The molecule has 2 unspecified atom stereocenters. The second-order valence-electron chi connectivity index (χ2n) is 5.76. The molecular weight excluding hydrogens is 228 g/mol. The third-order valence-corrected chi connectivity index (χ3v) is 4.47. The van der Waals surface area contributed by atoms with Crippen LogP contribution >= 0.6 is 0 Å². The van der Waals surface area contributed by atoms with Crippen molar-refractivity contribution in [1.29, 1.82) is 0 Å². The van der Waals surface area contributed by atoms with Crippen LogP contribution in [0.4, 0.5) is 4.79 Å². The molecule has 0 spiro atoms. The number of alkyl carbamates (subject to hydrolysis) is 1. The Bertz CT molecular complexity index is 265. The number of hydrogen-bond acceptors (Lipinski definition) is 3. The average molecular weight is 254 g/mol. The first-order valence-electron chi connectivity index (χ1n) is 7.43. The van der Waals surface area contributed by atoms with Crippen molar-refractivity contribution in [2.24, 2.45) is 17.6 Å². The van der Waals surface area contributed by atoms with Gasteiger partial charge in [0, 0.05) is 6.04 Å². The standard InChI is InChI=1S/C14H26N2O2/c15-9-11-5-1-2-6-12(11)10-18-14(17)16-13-7-3-4-8-13/h11-13H,1-10,15H2,(H,16,17). The Balaban J connectivity index is 1.67. The first-order chi connectivity index (χ1) is 8.79. The largest absolute Gasteiger partial charge is 0.449 e. The lowest BCUT2D eigenvalue weighted by molar-refractivity contribution is 0.0919. The summed E-state index contributed by atoms with van der Waals surface area (Å²) >= 11 is 0. The SMILES string of the molecule is NCC1CCCCC1COC(=O)NC1CCCC1. The molecule has 0 bridgehead atoms. The number of rotatable bonds is 4. The van der Waals surface area contributed by atoms with Crippen molar-refractivity contribution in [3.63, 3.8) is 0 Å². The van der Waals surface area contributed by atoms with E-state index in [1.54, 1.807) is 0 Å². The zero-order valence-electron chi connectivity index (χ0n) is 11.2. The van der Waals surface area contributed by atoms with Crippen LogP contribution in [-0.2, 0) is 4.74 Å². The first kappa shape index (κ1) is 13.7. The zero-order chi connectivity index (χ0) is 12.8. The molecule has 2 saturated carbocycles. The normalized spacial score (nSPS) is 29.2. The van der Waals surface area contributed by atoms with Gasteiger partial charge in [-0.2, -0.15) is 0 Å². The van der Waals surface area contributed by atoms with Crippen molar-refractivity contribution < 1.29 is 9.53 Å². The van der Waals surface area contributed by atoms with Crippen LogP contribution in [0.3, 0.4) is 0 Å². The van der Waals surface area contributed by atoms with Gasteiger partial charge < -0.3 is 15.8 Å². The molecule has 0 saturated heterocycles. The predicted molar refractivity (Wildman–Crippen MR) is 71.2 cm³/mol. The summed E-state index contributed by atoms with van der Waals surface area (Å²) in [6.07, 6.45) is 9.28. The van der Waals surface area contributed by atoms with Crippen LogP contribution < -0.4 is 11.1 Å².